The van der Waals surface area contributed by atoms with Gasteiger partial charge in [0.15, 0.2) is 0 Å². The van der Waals surface area contributed by atoms with Gasteiger partial charge in [-0.1, -0.05) is 28.8 Å². The zero-order chi connectivity index (χ0) is 11.1. The Bertz CT molecular complexity index is 203. The minimum Gasteiger partial charge on any atom is -0.394 e. The number of aliphatic hydroxyl groups is 1. The average Bonchev–Trinajstić information content (AvgIpc) is 2.67. The van der Waals surface area contributed by atoms with Gasteiger partial charge in [-0.2, -0.15) is 0 Å². The van der Waals surface area contributed by atoms with Gasteiger partial charge in [0, 0.05) is 11.8 Å². The van der Waals surface area contributed by atoms with Gasteiger partial charge in [0.2, 0.25) is 5.91 Å². The maximum absolute atomic E-state index is 11.6. The van der Waals surface area contributed by atoms with Crippen LogP contribution in [-0.2, 0) is 4.79 Å². The predicted molar refractivity (Wildman–Crippen MR) is 64.1 cm³/mol. The topological polar surface area (TPSA) is 49.3 Å². The van der Waals surface area contributed by atoms with Crippen LogP contribution in [0.2, 0.25) is 0 Å². The highest BCUT2D eigenvalue weighted by molar-refractivity contribution is 9.09. The van der Waals surface area contributed by atoms with Gasteiger partial charge in [-0.3, -0.25) is 4.79 Å². The lowest BCUT2D eigenvalue weighted by molar-refractivity contribution is -0.123. The Labute approximate surface area is 99.8 Å². The Balaban J connectivity index is 2.28. The van der Waals surface area contributed by atoms with Gasteiger partial charge in [-0.15, -0.1) is 0 Å². The predicted octanol–water partition coefficient (Wildman–Crippen LogP) is 1.97. The summed E-state index contributed by atoms with van der Waals surface area (Å²) in [5.41, 5.74) is -0.300. The number of aliphatic hydroxyl groups excluding tert-OH is 1. The number of halogens is 1. The molecule has 0 bridgehead atoms. The van der Waals surface area contributed by atoms with Gasteiger partial charge in [0.05, 0.1) is 12.1 Å². The van der Waals surface area contributed by atoms with E-state index in [1.165, 1.54) is 0 Å². The summed E-state index contributed by atoms with van der Waals surface area (Å²) in [6.07, 6.45) is 6.59. The van der Waals surface area contributed by atoms with Crippen molar-refractivity contribution in [3.8, 4) is 0 Å². The molecule has 1 saturated carbocycles. The fourth-order valence-electron chi connectivity index (χ4n) is 2.11. The van der Waals surface area contributed by atoms with Crippen LogP contribution < -0.4 is 5.32 Å². The quantitative estimate of drug-likeness (QED) is 0.576. The van der Waals surface area contributed by atoms with Crippen molar-refractivity contribution in [2.75, 3.05) is 11.9 Å². The monoisotopic (exact) mass is 277 g/mol. The highest BCUT2D eigenvalue weighted by atomic mass is 79.9. The standard InChI is InChI=1S/C11H20BrNO2/c12-8-4-1-5-10(15)13-11(9-14)6-2-3-7-11/h14H,1-9H2,(H,13,15). The van der Waals surface area contributed by atoms with Crippen molar-refractivity contribution in [2.45, 2.75) is 50.5 Å². The van der Waals surface area contributed by atoms with Crippen LogP contribution in [0.3, 0.4) is 0 Å². The van der Waals surface area contributed by atoms with Crippen LogP contribution in [-0.4, -0.2) is 28.5 Å². The summed E-state index contributed by atoms with van der Waals surface area (Å²) < 4.78 is 0. The molecule has 0 saturated heterocycles. The number of carbonyl (C=O) groups excluding carboxylic acids is 1. The molecule has 0 atom stereocenters. The third-order valence-corrected chi connectivity index (χ3v) is 3.62. The highest BCUT2D eigenvalue weighted by Gasteiger charge is 2.34. The normalized spacial score (nSPS) is 19.1. The SMILES string of the molecule is O=C(CCCCBr)NC1(CO)CCCC1. The fraction of sp³-hybridized carbons (Fsp3) is 0.909. The second-order valence-corrected chi connectivity index (χ2v) is 5.13. The van der Waals surface area contributed by atoms with Crippen molar-refractivity contribution in [1.29, 1.82) is 0 Å². The largest absolute Gasteiger partial charge is 0.394 e. The van der Waals surface area contributed by atoms with Crippen LogP contribution in [0.15, 0.2) is 0 Å². The Morgan fingerprint density at radius 3 is 2.53 bits per heavy atom. The van der Waals surface area contributed by atoms with Crippen LogP contribution >= 0.6 is 15.9 Å². The van der Waals surface area contributed by atoms with Gasteiger partial charge >= 0.3 is 0 Å². The van der Waals surface area contributed by atoms with Crippen LogP contribution in [0.25, 0.3) is 0 Å². The number of hydrogen-bond acceptors (Lipinski definition) is 2. The molecule has 0 heterocycles. The molecule has 1 fully saturated rings. The molecule has 0 aromatic carbocycles. The number of carbonyl (C=O) groups is 1. The van der Waals surface area contributed by atoms with Crippen molar-refractivity contribution in [3.63, 3.8) is 0 Å². The minimum atomic E-state index is -0.300. The molecule has 0 aliphatic heterocycles. The van der Waals surface area contributed by atoms with Crippen molar-refractivity contribution in [1.82, 2.24) is 5.32 Å². The van der Waals surface area contributed by atoms with E-state index in [2.05, 4.69) is 21.2 Å². The summed E-state index contributed by atoms with van der Waals surface area (Å²) >= 11 is 3.34. The van der Waals surface area contributed by atoms with Gasteiger partial charge in [-0.05, 0) is 25.7 Å². The molecular formula is C11H20BrNO2. The van der Waals surface area contributed by atoms with Crippen LogP contribution in [0.5, 0.6) is 0 Å². The molecule has 1 aliphatic rings. The van der Waals surface area contributed by atoms with E-state index < -0.39 is 0 Å². The van der Waals surface area contributed by atoms with Gasteiger partial charge in [-0.25, -0.2) is 0 Å². The zero-order valence-corrected chi connectivity index (χ0v) is 10.7. The smallest absolute Gasteiger partial charge is 0.220 e. The molecule has 0 unspecified atom stereocenters. The molecule has 0 aromatic heterocycles. The van der Waals surface area contributed by atoms with E-state index in [1.54, 1.807) is 0 Å². The van der Waals surface area contributed by atoms with Crippen molar-refractivity contribution in [2.24, 2.45) is 0 Å². The first-order chi connectivity index (χ1) is 7.22. The first-order valence-corrected chi connectivity index (χ1v) is 6.82. The summed E-state index contributed by atoms with van der Waals surface area (Å²) in [6, 6.07) is 0. The molecule has 15 heavy (non-hydrogen) atoms. The van der Waals surface area contributed by atoms with E-state index in [-0.39, 0.29) is 18.1 Å². The van der Waals surface area contributed by atoms with Crippen molar-refractivity contribution < 1.29 is 9.90 Å². The highest BCUT2D eigenvalue weighted by Crippen LogP contribution is 2.29. The van der Waals surface area contributed by atoms with E-state index in [4.69, 9.17) is 0 Å². The molecule has 0 aromatic rings. The molecule has 2 N–H and O–H groups in total. The Hall–Kier alpha value is -0.0900. The molecule has 0 spiro atoms. The lowest BCUT2D eigenvalue weighted by Gasteiger charge is -2.27. The summed E-state index contributed by atoms with van der Waals surface area (Å²) in [5.74, 6) is 0.0897. The van der Waals surface area contributed by atoms with E-state index in [0.29, 0.717) is 6.42 Å². The molecule has 1 rings (SSSR count). The molecular weight excluding hydrogens is 258 g/mol. The first kappa shape index (κ1) is 13.0. The number of rotatable bonds is 6. The van der Waals surface area contributed by atoms with Crippen molar-refractivity contribution in [3.05, 3.63) is 0 Å². The molecule has 1 amide bonds. The Kier molecular flexibility index (Phi) is 5.61. The van der Waals surface area contributed by atoms with Crippen LogP contribution in [0.1, 0.15) is 44.9 Å². The number of hydrogen-bond donors (Lipinski definition) is 2. The summed E-state index contributed by atoms with van der Waals surface area (Å²) in [6.45, 7) is 0.0805. The lowest BCUT2D eigenvalue weighted by Crippen LogP contribution is -2.49. The number of alkyl halides is 1. The molecule has 3 nitrogen and oxygen atoms in total. The van der Waals surface area contributed by atoms with Gasteiger partial charge in [0.25, 0.3) is 0 Å². The summed E-state index contributed by atoms with van der Waals surface area (Å²) in [7, 11) is 0. The molecule has 88 valence electrons. The van der Waals surface area contributed by atoms with E-state index in [9.17, 15) is 9.90 Å². The van der Waals surface area contributed by atoms with E-state index in [1.807, 2.05) is 0 Å². The minimum absolute atomic E-state index is 0.0805. The van der Waals surface area contributed by atoms with E-state index in [0.717, 1.165) is 43.9 Å². The summed E-state index contributed by atoms with van der Waals surface area (Å²) in [5, 5.41) is 13.3. The first-order valence-electron chi connectivity index (χ1n) is 5.70. The Morgan fingerprint density at radius 2 is 2.00 bits per heavy atom. The average molecular weight is 278 g/mol. The van der Waals surface area contributed by atoms with Gasteiger partial charge < -0.3 is 10.4 Å². The number of unbranched alkanes of at least 4 members (excludes halogenated alkanes) is 1. The maximum atomic E-state index is 11.6. The molecule has 0 radical (unpaired) electrons. The fourth-order valence-corrected chi connectivity index (χ4v) is 2.51. The Morgan fingerprint density at radius 1 is 1.33 bits per heavy atom. The second-order valence-electron chi connectivity index (χ2n) is 4.34. The third kappa shape index (κ3) is 4.11. The maximum Gasteiger partial charge on any atom is 0.220 e. The second kappa shape index (κ2) is 6.48. The van der Waals surface area contributed by atoms with Gasteiger partial charge in [0.1, 0.15) is 0 Å². The molecule has 4 heteroatoms. The lowest BCUT2D eigenvalue weighted by atomic mass is 9.98. The number of nitrogens with one attached hydrogen (secondary N) is 1. The van der Waals surface area contributed by atoms with Crippen LogP contribution in [0, 0.1) is 0 Å². The zero-order valence-electron chi connectivity index (χ0n) is 9.10. The van der Waals surface area contributed by atoms with Crippen molar-refractivity contribution >= 4 is 21.8 Å². The van der Waals surface area contributed by atoms with Crippen LogP contribution in [0.4, 0.5) is 0 Å². The number of amides is 1. The third-order valence-electron chi connectivity index (χ3n) is 3.06. The summed E-state index contributed by atoms with van der Waals surface area (Å²) in [4.78, 5) is 11.6. The van der Waals surface area contributed by atoms with E-state index >= 15 is 0 Å². The molecule has 1 aliphatic carbocycles.